The zero-order valence-corrected chi connectivity index (χ0v) is 28.6. The Balaban J connectivity index is -0.000000688. The first kappa shape index (κ1) is 44.6. The molecule has 236 valence electrons. The molecule has 8 nitrogen and oxygen atoms in total. The molecule has 9 heteroatoms. The van der Waals surface area contributed by atoms with E-state index in [0.717, 1.165) is 25.7 Å². The average molecular weight is 611 g/mol. The molecule has 0 saturated carbocycles. The quantitative estimate of drug-likeness (QED) is 0.0637. The van der Waals surface area contributed by atoms with Crippen LogP contribution >= 0.6 is 0 Å². The molecule has 0 amide bonds. The Morgan fingerprint density at radius 1 is 0.415 bits per heavy atom. The third-order valence-corrected chi connectivity index (χ3v) is 6.59. The first-order valence-corrected chi connectivity index (χ1v) is 16.0. The number of hydrogen-bond acceptors (Lipinski definition) is 8. The van der Waals surface area contributed by atoms with Crippen LogP contribution in [0.2, 0.25) is 0 Å². The van der Waals surface area contributed by atoms with Crippen LogP contribution in [0.15, 0.2) is 0 Å². The summed E-state index contributed by atoms with van der Waals surface area (Å²) in [6, 6.07) is 0. The number of hydrogen-bond donors (Lipinski definition) is 0. The molecule has 0 radical (unpaired) electrons. The van der Waals surface area contributed by atoms with Crippen molar-refractivity contribution in [1.29, 1.82) is 0 Å². The minimum Gasteiger partial charge on any atom is -0.550 e. The number of esters is 2. The number of rotatable bonds is 28. The number of unbranched alkanes of at least 4 members (excludes halogenated alkanes) is 18. The summed E-state index contributed by atoms with van der Waals surface area (Å²) >= 11 is 0. The van der Waals surface area contributed by atoms with Crippen molar-refractivity contribution in [3.63, 3.8) is 0 Å². The molecule has 0 aromatic carbocycles. The van der Waals surface area contributed by atoms with Crippen molar-refractivity contribution in [3.05, 3.63) is 0 Å². The Labute approximate surface area is 280 Å². The maximum absolute atomic E-state index is 11.1. The topological polar surface area (TPSA) is 133 Å². The Kier molecular flexibility index (Phi) is 40.4. The third-order valence-electron chi connectivity index (χ3n) is 6.59. The van der Waals surface area contributed by atoms with Crippen LogP contribution in [0, 0.1) is 0 Å². The van der Waals surface area contributed by atoms with Crippen LogP contribution in [0.5, 0.6) is 0 Å². The van der Waals surface area contributed by atoms with Gasteiger partial charge in [-0.2, -0.15) is 0 Å². The third kappa shape index (κ3) is 43.7. The second-order valence-corrected chi connectivity index (χ2v) is 10.5. The van der Waals surface area contributed by atoms with Crippen molar-refractivity contribution in [2.24, 2.45) is 0 Å². The van der Waals surface area contributed by atoms with Crippen LogP contribution in [-0.2, 0) is 28.7 Å². The van der Waals surface area contributed by atoms with Gasteiger partial charge in [-0.1, -0.05) is 129 Å². The fourth-order valence-corrected chi connectivity index (χ4v) is 4.10. The van der Waals surface area contributed by atoms with Gasteiger partial charge in [0.05, 0.1) is 26.1 Å². The molecule has 0 aliphatic heterocycles. The molecule has 0 fully saturated rings. The van der Waals surface area contributed by atoms with Crippen LogP contribution in [0.1, 0.15) is 168 Å². The SMILES string of the molecule is CCCCCCCCCCCCOC(=O)CCC(=O)[O-].CCCCCCCCCCCCOC(=O)CCC(=O)[O-].[Ca+2]. The molecule has 0 aliphatic rings. The average Bonchev–Trinajstić information content (AvgIpc) is 2.92. The number of carbonyl (C=O) groups is 4. The van der Waals surface area contributed by atoms with Gasteiger partial charge in [0.15, 0.2) is 0 Å². The van der Waals surface area contributed by atoms with Gasteiger partial charge in [-0.25, -0.2) is 0 Å². The molecule has 0 rings (SSSR count). The molecule has 0 aliphatic carbocycles. The van der Waals surface area contributed by atoms with E-state index in [1.54, 1.807) is 0 Å². The van der Waals surface area contributed by atoms with E-state index in [2.05, 4.69) is 13.8 Å². The number of carbonyl (C=O) groups excluding carboxylic acids is 4. The summed E-state index contributed by atoms with van der Waals surface area (Å²) in [5.41, 5.74) is 0. The van der Waals surface area contributed by atoms with Crippen LogP contribution in [0.3, 0.4) is 0 Å². The van der Waals surface area contributed by atoms with Crippen LogP contribution in [-0.4, -0.2) is 74.8 Å². The minimum absolute atomic E-state index is 0. The number of aliphatic carboxylic acids is 2. The Hall–Kier alpha value is -0.860. The predicted molar refractivity (Wildman–Crippen MR) is 160 cm³/mol. The molecule has 0 bridgehead atoms. The monoisotopic (exact) mass is 610 g/mol. The summed E-state index contributed by atoms with van der Waals surface area (Å²) in [6.07, 6.45) is 24.1. The van der Waals surface area contributed by atoms with Gasteiger partial charge < -0.3 is 29.3 Å². The second kappa shape index (κ2) is 37.2. The summed E-state index contributed by atoms with van der Waals surface area (Å²) in [6.45, 7) is 5.27. The van der Waals surface area contributed by atoms with Crippen LogP contribution < -0.4 is 10.2 Å². The van der Waals surface area contributed by atoms with Gasteiger partial charge in [-0.3, -0.25) is 9.59 Å². The van der Waals surface area contributed by atoms with E-state index in [0.29, 0.717) is 13.2 Å². The minimum atomic E-state index is -1.21. The normalized spacial score (nSPS) is 10.2. The largest absolute Gasteiger partial charge is 2.00 e. The smallest absolute Gasteiger partial charge is 0.550 e. The molecule has 41 heavy (non-hydrogen) atoms. The van der Waals surface area contributed by atoms with E-state index >= 15 is 0 Å². The summed E-state index contributed by atoms with van der Waals surface area (Å²) in [7, 11) is 0. The van der Waals surface area contributed by atoms with Crippen molar-refractivity contribution < 1.29 is 38.9 Å². The van der Waals surface area contributed by atoms with Gasteiger partial charge in [0.1, 0.15) is 0 Å². The van der Waals surface area contributed by atoms with E-state index in [1.807, 2.05) is 0 Å². The summed E-state index contributed by atoms with van der Waals surface area (Å²) in [4.78, 5) is 42.5. The van der Waals surface area contributed by atoms with Gasteiger partial charge in [0.2, 0.25) is 0 Å². The molecular weight excluding hydrogens is 552 g/mol. The number of ether oxygens (including phenoxy) is 2. The van der Waals surface area contributed by atoms with Crippen LogP contribution in [0.25, 0.3) is 0 Å². The Bertz CT molecular complexity index is 561. The molecule has 0 heterocycles. The maximum Gasteiger partial charge on any atom is 2.00 e. The molecule has 0 aromatic rings. The fourth-order valence-electron chi connectivity index (χ4n) is 4.10. The van der Waals surface area contributed by atoms with Crippen molar-refractivity contribution in [2.45, 2.75) is 168 Å². The van der Waals surface area contributed by atoms with Crippen LogP contribution in [0.4, 0.5) is 0 Å². The molecule has 0 N–H and O–H groups in total. The fraction of sp³-hybridized carbons (Fsp3) is 0.875. The van der Waals surface area contributed by atoms with Gasteiger partial charge in [-0.05, 0) is 25.7 Å². The van der Waals surface area contributed by atoms with Crippen molar-refractivity contribution >= 4 is 61.6 Å². The zero-order chi connectivity index (χ0) is 30.1. The number of carboxylic acids is 2. The van der Waals surface area contributed by atoms with E-state index in [4.69, 9.17) is 9.47 Å². The Morgan fingerprint density at radius 3 is 0.902 bits per heavy atom. The molecule has 0 spiro atoms. The van der Waals surface area contributed by atoms with E-state index in [9.17, 15) is 29.4 Å². The van der Waals surface area contributed by atoms with E-state index in [1.165, 1.54) is 103 Å². The molecular formula is C32H58CaO8. The van der Waals surface area contributed by atoms with Gasteiger partial charge in [-0.15, -0.1) is 0 Å². The predicted octanol–water partition coefficient (Wildman–Crippen LogP) is 5.58. The summed E-state index contributed by atoms with van der Waals surface area (Å²) in [5.74, 6) is -3.29. The van der Waals surface area contributed by atoms with Crippen molar-refractivity contribution in [2.75, 3.05) is 13.2 Å². The zero-order valence-electron chi connectivity index (χ0n) is 26.4. The van der Waals surface area contributed by atoms with E-state index < -0.39 is 23.9 Å². The second-order valence-electron chi connectivity index (χ2n) is 10.5. The van der Waals surface area contributed by atoms with Crippen molar-refractivity contribution in [1.82, 2.24) is 0 Å². The standard InChI is InChI=1S/2C16H30O4.Ca/c2*1-2-3-4-5-6-7-8-9-10-11-14-20-16(19)13-12-15(17)18;/h2*2-14H2,1H3,(H,17,18);/q;;+2/p-2. The molecule has 0 unspecified atom stereocenters. The first-order chi connectivity index (χ1) is 19.3. The van der Waals surface area contributed by atoms with Crippen molar-refractivity contribution in [3.8, 4) is 0 Å². The summed E-state index contributed by atoms with van der Waals surface area (Å²) in [5, 5.41) is 20.3. The first-order valence-electron chi connectivity index (χ1n) is 16.0. The molecule has 0 atom stereocenters. The maximum atomic E-state index is 11.1. The summed E-state index contributed by atoms with van der Waals surface area (Å²) < 4.78 is 9.87. The van der Waals surface area contributed by atoms with Gasteiger partial charge >= 0.3 is 49.7 Å². The Morgan fingerprint density at radius 2 is 0.659 bits per heavy atom. The molecule has 0 saturated heterocycles. The van der Waals surface area contributed by atoms with Gasteiger partial charge in [0.25, 0.3) is 0 Å². The number of carboxylic acid groups (broad SMARTS) is 2. The van der Waals surface area contributed by atoms with Gasteiger partial charge in [0, 0.05) is 11.9 Å². The molecule has 0 aromatic heterocycles. The van der Waals surface area contributed by atoms with E-state index in [-0.39, 0.29) is 63.4 Å².